The Morgan fingerprint density at radius 1 is 0.451 bits per heavy atom. The summed E-state index contributed by atoms with van der Waals surface area (Å²) in [5.74, 6) is 2.83. The van der Waals surface area contributed by atoms with Gasteiger partial charge in [-0.05, 0) is 150 Å². The fourth-order valence-corrected chi connectivity index (χ4v) is 11.2. The largest absolute Gasteiger partial charge is 0.310 e. The fraction of sp³-hybridized carbons (Fsp3) is 0.265. The second-order valence-electron chi connectivity index (χ2n) is 16.5. The molecule has 51 heavy (non-hydrogen) atoms. The molecule has 4 bridgehead atoms. The van der Waals surface area contributed by atoms with E-state index in [9.17, 15) is 0 Å². The third-order valence-corrected chi connectivity index (χ3v) is 12.9. The lowest BCUT2D eigenvalue weighted by Gasteiger charge is -2.57. The summed E-state index contributed by atoms with van der Waals surface area (Å²) in [7, 11) is 0. The van der Waals surface area contributed by atoms with Gasteiger partial charge < -0.3 is 9.80 Å². The summed E-state index contributed by atoms with van der Waals surface area (Å²) in [6.45, 7) is 4.76. The SMILES string of the molecule is CC1(C)c2ccccc2-c2cccc(N(c3ccccc3)c3cccc(N(c4ccccc4)c4ccc(C56CC7CC(CC(C7)C5)C6)cc4)c3)c21. The van der Waals surface area contributed by atoms with Gasteiger partial charge in [0.15, 0.2) is 0 Å². The molecule has 0 heterocycles. The predicted octanol–water partition coefficient (Wildman–Crippen LogP) is 13.4. The van der Waals surface area contributed by atoms with Crippen LogP contribution in [0.1, 0.15) is 69.1 Å². The minimum Gasteiger partial charge on any atom is -0.310 e. The average Bonchev–Trinajstić information content (AvgIpc) is 3.39. The number of rotatable bonds is 7. The van der Waals surface area contributed by atoms with Gasteiger partial charge in [0, 0.05) is 33.9 Å². The van der Waals surface area contributed by atoms with Crippen molar-refractivity contribution in [3.8, 4) is 11.1 Å². The highest BCUT2D eigenvalue weighted by molar-refractivity contribution is 5.91. The Hall–Kier alpha value is -5.08. The van der Waals surface area contributed by atoms with Crippen molar-refractivity contribution in [2.45, 2.75) is 63.2 Å². The van der Waals surface area contributed by atoms with Gasteiger partial charge in [-0.3, -0.25) is 0 Å². The number of nitrogens with zero attached hydrogens (tertiary/aromatic N) is 2. The highest BCUT2D eigenvalue weighted by atomic mass is 15.2. The molecular weight excluding hydrogens is 617 g/mol. The number of anilines is 6. The van der Waals surface area contributed by atoms with Gasteiger partial charge in [0.25, 0.3) is 0 Å². The highest BCUT2D eigenvalue weighted by Crippen LogP contribution is 2.61. The highest BCUT2D eigenvalue weighted by Gasteiger charge is 2.51. The van der Waals surface area contributed by atoms with Crippen molar-refractivity contribution in [2.24, 2.45) is 17.8 Å². The van der Waals surface area contributed by atoms with Crippen molar-refractivity contribution in [3.63, 3.8) is 0 Å². The van der Waals surface area contributed by atoms with Crippen LogP contribution >= 0.6 is 0 Å². The van der Waals surface area contributed by atoms with Crippen LogP contribution in [-0.4, -0.2) is 0 Å². The van der Waals surface area contributed by atoms with Crippen molar-refractivity contribution in [3.05, 3.63) is 168 Å². The van der Waals surface area contributed by atoms with Crippen LogP contribution in [0.2, 0.25) is 0 Å². The zero-order valence-corrected chi connectivity index (χ0v) is 29.8. The van der Waals surface area contributed by atoms with E-state index in [2.05, 4.69) is 175 Å². The predicted molar refractivity (Wildman–Crippen MR) is 213 cm³/mol. The van der Waals surface area contributed by atoms with E-state index in [4.69, 9.17) is 0 Å². The van der Waals surface area contributed by atoms with E-state index in [-0.39, 0.29) is 5.41 Å². The first-order valence-corrected chi connectivity index (χ1v) is 19.1. The summed E-state index contributed by atoms with van der Waals surface area (Å²) in [6, 6.07) is 56.4. The molecule has 0 N–H and O–H groups in total. The zero-order valence-electron chi connectivity index (χ0n) is 29.8. The Morgan fingerprint density at radius 3 is 1.59 bits per heavy atom. The first kappa shape index (κ1) is 30.7. The van der Waals surface area contributed by atoms with Gasteiger partial charge in [-0.2, -0.15) is 0 Å². The van der Waals surface area contributed by atoms with Gasteiger partial charge >= 0.3 is 0 Å². The molecule has 5 aliphatic carbocycles. The topological polar surface area (TPSA) is 6.48 Å². The van der Waals surface area contributed by atoms with Crippen molar-refractivity contribution in [1.29, 1.82) is 0 Å². The Labute approximate surface area is 303 Å². The van der Waals surface area contributed by atoms with Crippen LogP contribution in [0.15, 0.2) is 152 Å². The number of hydrogen-bond acceptors (Lipinski definition) is 2. The molecule has 0 aliphatic heterocycles. The maximum absolute atomic E-state index is 2.48. The van der Waals surface area contributed by atoms with Crippen LogP contribution in [0.4, 0.5) is 34.1 Å². The number of para-hydroxylation sites is 2. The lowest BCUT2D eigenvalue weighted by Crippen LogP contribution is -2.48. The Balaban J connectivity index is 1.09. The molecule has 0 spiro atoms. The number of hydrogen-bond donors (Lipinski definition) is 0. The second-order valence-corrected chi connectivity index (χ2v) is 16.5. The van der Waals surface area contributed by atoms with Crippen LogP contribution in [0.5, 0.6) is 0 Å². The summed E-state index contributed by atoms with van der Waals surface area (Å²) in [5.41, 5.74) is 14.3. The second kappa shape index (κ2) is 11.7. The molecule has 0 saturated heterocycles. The number of fused-ring (bicyclic) bond motifs is 3. The van der Waals surface area contributed by atoms with Gasteiger partial charge in [-0.25, -0.2) is 0 Å². The van der Waals surface area contributed by atoms with E-state index >= 15 is 0 Å². The quantitative estimate of drug-likeness (QED) is 0.168. The average molecular weight is 663 g/mol. The molecule has 0 amide bonds. The monoisotopic (exact) mass is 662 g/mol. The van der Waals surface area contributed by atoms with Crippen molar-refractivity contribution < 1.29 is 0 Å². The molecule has 252 valence electrons. The van der Waals surface area contributed by atoms with E-state index in [0.717, 1.165) is 34.8 Å². The van der Waals surface area contributed by atoms with E-state index in [1.807, 2.05) is 0 Å². The molecule has 11 rings (SSSR count). The van der Waals surface area contributed by atoms with Crippen molar-refractivity contribution in [2.75, 3.05) is 9.80 Å². The molecule has 0 radical (unpaired) electrons. The van der Waals surface area contributed by atoms with Gasteiger partial charge in [0.05, 0.1) is 5.69 Å². The molecule has 5 aliphatic rings. The van der Waals surface area contributed by atoms with E-state index in [1.165, 1.54) is 77.8 Å². The minimum absolute atomic E-state index is 0.137. The molecule has 0 unspecified atom stereocenters. The Bertz CT molecular complexity index is 2180. The zero-order chi connectivity index (χ0) is 34.2. The minimum atomic E-state index is -0.137. The molecule has 0 atom stereocenters. The maximum atomic E-state index is 2.48. The normalized spacial score (nSPS) is 23.5. The fourth-order valence-electron chi connectivity index (χ4n) is 11.2. The van der Waals surface area contributed by atoms with E-state index in [1.54, 1.807) is 5.56 Å². The summed E-state index contributed by atoms with van der Waals surface area (Å²) in [6.07, 6.45) is 8.61. The lowest BCUT2D eigenvalue weighted by atomic mass is 9.48. The summed E-state index contributed by atoms with van der Waals surface area (Å²) in [4.78, 5) is 4.90. The van der Waals surface area contributed by atoms with Crippen LogP contribution in [0, 0.1) is 17.8 Å². The van der Waals surface area contributed by atoms with Crippen molar-refractivity contribution in [1.82, 2.24) is 0 Å². The molecule has 4 fully saturated rings. The van der Waals surface area contributed by atoms with Crippen LogP contribution in [0.3, 0.4) is 0 Å². The molecule has 6 aromatic rings. The maximum Gasteiger partial charge on any atom is 0.0508 e. The molecule has 2 heteroatoms. The standard InChI is InChI=1S/C49H46N2/c1-48(2)45-21-10-9-19-43(45)44-20-12-22-46(47(44)48)51(39-15-7-4-8-16-39)42-18-11-17-41(30-42)50(38-13-5-3-6-14-38)40-25-23-37(24-26-40)49-31-34-27-35(32-49)29-36(28-34)33-49/h3-26,30,34-36H,27-29,31-33H2,1-2H3. The van der Waals surface area contributed by atoms with E-state index in [0.29, 0.717) is 5.41 Å². The molecule has 6 aromatic carbocycles. The lowest BCUT2D eigenvalue weighted by molar-refractivity contribution is -0.00518. The van der Waals surface area contributed by atoms with E-state index < -0.39 is 0 Å². The third kappa shape index (κ3) is 4.98. The summed E-state index contributed by atoms with van der Waals surface area (Å²) < 4.78 is 0. The molecule has 2 nitrogen and oxygen atoms in total. The van der Waals surface area contributed by atoms with Crippen LogP contribution in [-0.2, 0) is 10.8 Å². The van der Waals surface area contributed by atoms with Gasteiger partial charge in [-0.1, -0.05) is 105 Å². The van der Waals surface area contributed by atoms with Crippen LogP contribution < -0.4 is 9.80 Å². The molecule has 4 saturated carbocycles. The Morgan fingerprint density at radius 2 is 0.941 bits per heavy atom. The first-order chi connectivity index (χ1) is 25.0. The summed E-state index contributed by atoms with van der Waals surface area (Å²) >= 11 is 0. The first-order valence-electron chi connectivity index (χ1n) is 19.1. The smallest absolute Gasteiger partial charge is 0.0508 e. The van der Waals surface area contributed by atoms with Gasteiger partial charge in [0.1, 0.15) is 0 Å². The summed E-state index contributed by atoms with van der Waals surface area (Å²) in [5, 5.41) is 0. The third-order valence-electron chi connectivity index (χ3n) is 12.9. The molecular formula is C49H46N2. The number of benzene rings is 6. The Kier molecular flexibility index (Phi) is 7.07. The van der Waals surface area contributed by atoms with Crippen molar-refractivity contribution >= 4 is 34.1 Å². The van der Waals surface area contributed by atoms with Gasteiger partial charge in [0.2, 0.25) is 0 Å². The van der Waals surface area contributed by atoms with Crippen LogP contribution in [0.25, 0.3) is 11.1 Å². The molecule has 0 aromatic heterocycles. The van der Waals surface area contributed by atoms with Gasteiger partial charge in [-0.15, -0.1) is 0 Å².